The van der Waals surface area contributed by atoms with Crippen LogP contribution in [0.5, 0.6) is 0 Å². The van der Waals surface area contributed by atoms with E-state index in [0.717, 1.165) is 45.2 Å². The van der Waals surface area contributed by atoms with Crippen LogP contribution in [-0.4, -0.2) is 47.2 Å². The summed E-state index contributed by atoms with van der Waals surface area (Å²) < 4.78 is 0. The van der Waals surface area contributed by atoms with E-state index in [1.165, 1.54) is 6.42 Å². The number of rotatable bonds is 7. The van der Waals surface area contributed by atoms with Crippen molar-refractivity contribution in [3.63, 3.8) is 0 Å². The zero-order chi connectivity index (χ0) is 16.7. The Bertz CT molecular complexity index is 392. The van der Waals surface area contributed by atoms with Crippen LogP contribution in [0, 0.1) is 5.92 Å². The Kier molecular flexibility index (Phi) is 7.31. The van der Waals surface area contributed by atoms with Crippen molar-refractivity contribution in [3.8, 4) is 0 Å². The Morgan fingerprint density at radius 2 is 1.74 bits per heavy atom. The Morgan fingerprint density at radius 1 is 1.13 bits per heavy atom. The van der Waals surface area contributed by atoms with E-state index in [1.54, 1.807) is 12.2 Å². The molecule has 1 aliphatic heterocycles. The number of nitrogens with zero attached hydrogens (tertiary/aromatic N) is 1. The van der Waals surface area contributed by atoms with Gasteiger partial charge in [-0.2, -0.15) is 0 Å². The summed E-state index contributed by atoms with van der Waals surface area (Å²) in [6, 6.07) is 0.589. The fourth-order valence-electron chi connectivity index (χ4n) is 3.92. The van der Waals surface area contributed by atoms with Gasteiger partial charge in [0.05, 0.1) is 6.10 Å². The highest BCUT2D eigenvalue weighted by molar-refractivity contribution is 5.79. The number of carbonyl (C=O) groups excluding carboxylic acids is 1. The van der Waals surface area contributed by atoms with Crippen LogP contribution in [0.4, 0.5) is 0 Å². The van der Waals surface area contributed by atoms with Crippen molar-refractivity contribution >= 4 is 5.91 Å². The van der Waals surface area contributed by atoms with Crippen LogP contribution in [-0.2, 0) is 4.79 Å². The van der Waals surface area contributed by atoms with Crippen LogP contribution >= 0.6 is 0 Å². The van der Waals surface area contributed by atoms with Crippen molar-refractivity contribution in [3.05, 3.63) is 25.3 Å². The zero-order valence-corrected chi connectivity index (χ0v) is 14.3. The summed E-state index contributed by atoms with van der Waals surface area (Å²) in [5.74, 6) is 0.0872. The summed E-state index contributed by atoms with van der Waals surface area (Å²) in [4.78, 5) is 14.8. The molecule has 0 aromatic rings. The van der Waals surface area contributed by atoms with Gasteiger partial charge in [-0.3, -0.25) is 9.69 Å². The Hall–Kier alpha value is -1.13. The first-order valence-corrected chi connectivity index (χ1v) is 9.10. The molecule has 2 atom stereocenters. The van der Waals surface area contributed by atoms with E-state index in [-0.39, 0.29) is 24.0 Å². The lowest BCUT2D eigenvalue weighted by atomic mass is 9.89. The Labute approximate surface area is 140 Å². The highest BCUT2D eigenvalue weighted by Gasteiger charge is 2.32. The smallest absolute Gasteiger partial charge is 0.223 e. The summed E-state index contributed by atoms with van der Waals surface area (Å²) in [7, 11) is 0. The predicted molar refractivity (Wildman–Crippen MR) is 94.1 cm³/mol. The number of piperidine rings is 1. The number of hydrogen-bond acceptors (Lipinski definition) is 3. The number of hydrogen-bond donors (Lipinski definition) is 2. The van der Waals surface area contributed by atoms with Crippen molar-refractivity contribution in [2.24, 2.45) is 5.92 Å². The third-order valence-corrected chi connectivity index (χ3v) is 5.31. The van der Waals surface area contributed by atoms with Crippen LogP contribution in [0.15, 0.2) is 25.3 Å². The maximum Gasteiger partial charge on any atom is 0.223 e. The third kappa shape index (κ3) is 5.18. The van der Waals surface area contributed by atoms with E-state index in [1.807, 2.05) is 0 Å². The van der Waals surface area contributed by atoms with Crippen molar-refractivity contribution in [2.45, 2.75) is 69.6 Å². The van der Waals surface area contributed by atoms with Gasteiger partial charge in [0.2, 0.25) is 5.91 Å². The molecule has 2 unspecified atom stereocenters. The molecule has 1 saturated carbocycles. The highest BCUT2D eigenvalue weighted by Crippen LogP contribution is 2.26. The summed E-state index contributed by atoms with van der Waals surface area (Å²) in [5.41, 5.74) is 0. The third-order valence-electron chi connectivity index (χ3n) is 5.31. The van der Waals surface area contributed by atoms with Gasteiger partial charge in [0, 0.05) is 31.1 Å². The number of allylic oxidation sites excluding steroid dienone is 2. The van der Waals surface area contributed by atoms with Crippen LogP contribution in [0.25, 0.3) is 0 Å². The van der Waals surface area contributed by atoms with E-state index in [0.29, 0.717) is 18.9 Å². The highest BCUT2D eigenvalue weighted by atomic mass is 16.3. The van der Waals surface area contributed by atoms with Crippen LogP contribution in [0.2, 0.25) is 0 Å². The van der Waals surface area contributed by atoms with Gasteiger partial charge >= 0.3 is 0 Å². The predicted octanol–water partition coefficient (Wildman–Crippen LogP) is 2.64. The molecule has 4 nitrogen and oxygen atoms in total. The first-order valence-electron chi connectivity index (χ1n) is 9.10. The van der Waals surface area contributed by atoms with E-state index in [2.05, 4.69) is 23.4 Å². The van der Waals surface area contributed by atoms with E-state index in [4.69, 9.17) is 0 Å². The molecule has 1 heterocycles. The van der Waals surface area contributed by atoms with Crippen LogP contribution < -0.4 is 5.32 Å². The molecule has 23 heavy (non-hydrogen) atoms. The quantitative estimate of drug-likeness (QED) is 0.709. The number of aliphatic hydroxyl groups is 1. The van der Waals surface area contributed by atoms with E-state index < -0.39 is 0 Å². The van der Waals surface area contributed by atoms with Gasteiger partial charge in [0.15, 0.2) is 0 Å². The van der Waals surface area contributed by atoms with Crippen molar-refractivity contribution in [1.29, 1.82) is 0 Å². The molecule has 2 N–H and O–H groups in total. The van der Waals surface area contributed by atoms with Crippen molar-refractivity contribution in [2.75, 3.05) is 13.1 Å². The largest absolute Gasteiger partial charge is 0.391 e. The zero-order valence-electron chi connectivity index (χ0n) is 14.3. The first-order chi connectivity index (χ1) is 11.2. The average molecular weight is 320 g/mol. The Morgan fingerprint density at radius 3 is 2.30 bits per heavy atom. The molecule has 1 saturated heterocycles. The molecule has 1 aliphatic carbocycles. The van der Waals surface area contributed by atoms with Gasteiger partial charge in [0.25, 0.3) is 0 Å². The minimum Gasteiger partial charge on any atom is -0.391 e. The molecule has 130 valence electrons. The van der Waals surface area contributed by atoms with Crippen LogP contribution in [0.1, 0.15) is 51.4 Å². The second-order valence-corrected chi connectivity index (χ2v) is 6.98. The standard InChI is InChI=1S/C19H32N2O2/c1-3-7-15(8-4-2)19(23)20-16-11-13-21(14-12-16)17-9-5-6-10-18(17)22/h3-4,15-18,22H,1-2,5-14H2,(H,20,23). The summed E-state index contributed by atoms with van der Waals surface area (Å²) in [5, 5.41) is 13.4. The molecule has 1 amide bonds. The molecular formula is C19H32N2O2. The maximum atomic E-state index is 12.4. The number of amides is 1. The number of likely N-dealkylation sites (tertiary alicyclic amines) is 1. The van der Waals surface area contributed by atoms with Gasteiger partial charge in [-0.15, -0.1) is 13.2 Å². The van der Waals surface area contributed by atoms with Gasteiger partial charge in [-0.1, -0.05) is 25.0 Å². The molecule has 0 radical (unpaired) electrons. The lowest BCUT2D eigenvalue weighted by molar-refractivity contribution is -0.126. The van der Waals surface area contributed by atoms with Crippen LogP contribution in [0.3, 0.4) is 0 Å². The summed E-state index contributed by atoms with van der Waals surface area (Å²) >= 11 is 0. The molecule has 0 bridgehead atoms. The second-order valence-electron chi connectivity index (χ2n) is 6.98. The van der Waals surface area contributed by atoms with Crippen molar-refractivity contribution in [1.82, 2.24) is 10.2 Å². The van der Waals surface area contributed by atoms with Crippen molar-refractivity contribution < 1.29 is 9.90 Å². The fraction of sp³-hybridized carbons (Fsp3) is 0.737. The topological polar surface area (TPSA) is 52.6 Å². The average Bonchev–Trinajstić information content (AvgIpc) is 2.56. The molecule has 2 rings (SSSR count). The molecule has 0 spiro atoms. The molecule has 0 aromatic carbocycles. The fourth-order valence-corrected chi connectivity index (χ4v) is 3.92. The van der Waals surface area contributed by atoms with E-state index >= 15 is 0 Å². The minimum absolute atomic E-state index is 0.0387. The summed E-state index contributed by atoms with van der Waals surface area (Å²) in [6.07, 6.45) is 11.2. The first kappa shape index (κ1) is 18.2. The molecule has 2 fully saturated rings. The van der Waals surface area contributed by atoms with Gasteiger partial charge in [-0.05, 0) is 38.5 Å². The monoisotopic (exact) mass is 320 g/mol. The minimum atomic E-state index is -0.167. The van der Waals surface area contributed by atoms with Gasteiger partial charge in [-0.25, -0.2) is 0 Å². The lowest BCUT2D eigenvalue weighted by Crippen LogP contribution is -2.52. The molecule has 4 heteroatoms. The van der Waals surface area contributed by atoms with E-state index in [9.17, 15) is 9.90 Å². The van der Waals surface area contributed by atoms with Gasteiger partial charge in [0.1, 0.15) is 0 Å². The molecule has 2 aliphatic rings. The second kappa shape index (κ2) is 9.24. The lowest BCUT2D eigenvalue weighted by Gasteiger charge is -2.41. The summed E-state index contributed by atoms with van der Waals surface area (Å²) in [6.45, 7) is 9.42. The molecular weight excluding hydrogens is 288 g/mol. The molecule has 0 aromatic heterocycles. The maximum absolute atomic E-state index is 12.4. The van der Waals surface area contributed by atoms with Gasteiger partial charge < -0.3 is 10.4 Å². The Balaban J connectivity index is 1.78. The number of carbonyl (C=O) groups is 1. The normalized spacial score (nSPS) is 26.9. The number of aliphatic hydroxyl groups excluding tert-OH is 1. The number of nitrogens with one attached hydrogen (secondary N) is 1. The SMILES string of the molecule is C=CCC(CC=C)C(=O)NC1CCN(C2CCCCC2O)CC1.